The van der Waals surface area contributed by atoms with Crippen LogP contribution in [0.1, 0.15) is 29.2 Å². The number of hydrazine groups is 1. The normalized spacial score (nSPS) is 13.9. The summed E-state index contributed by atoms with van der Waals surface area (Å²) in [7, 11) is 0. The van der Waals surface area contributed by atoms with Gasteiger partial charge in [-0.1, -0.05) is 0 Å². The maximum atomic E-state index is 12.4. The van der Waals surface area contributed by atoms with Crippen molar-refractivity contribution in [2.24, 2.45) is 0 Å². The Bertz CT molecular complexity index is 724. The summed E-state index contributed by atoms with van der Waals surface area (Å²) in [5, 5.41) is 5.34. The third-order valence-corrected chi connectivity index (χ3v) is 3.92. The Morgan fingerprint density at radius 3 is 2.40 bits per heavy atom. The maximum absolute atomic E-state index is 12.4. The standard InChI is InChI=1S/C17H19N3O5/c21-15(7-6-13-4-1-10-24-13)19-8-3-9-20(19)16(22)12-18-17(23)14-5-2-11-25-14/h1-2,4-5,10-11H,3,6-9,12H2,(H,18,23). The molecule has 8 heteroatoms. The van der Waals surface area contributed by atoms with E-state index >= 15 is 0 Å². The third-order valence-electron chi connectivity index (χ3n) is 3.92. The van der Waals surface area contributed by atoms with Gasteiger partial charge in [-0.3, -0.25) is 19.4 Å². The Morgan fingerprint density at radius 1 is 1.00 bits per heavy atom. The molecule has 1 aliphatic rings. The topological polar surface area (TPSA) is 96.0 Å². The second kappa shape index (κ2) is 7.69. The van der Waals surface area contributed by atoms with Crippen molar-refractivity contribution in [1.82, 2.24) is 15.3 Å². The van der Waals surface area contributed by atoms with Crippen molar-refractivity contribution in [3.63, 3.8) is 0 Å². The Balaban J connectivity index is 1.50. The van der Waals surface area contributed by atoms with Crippen molar-refractivity contribution in [3.8, 4) is 0 Å². The second-order valence-corrected chi connectivity index (χ2v) is 5.63. The number of amides is 3. The number of nitrogens with one attached hydrogen (secondary N) is 1. The minimum Gasteiger partial charge on any atom is -0.469 e. The smallest absolute Gasteiger partial charge is 0.287 e. The fourth-order valence-electron chi connectivity index (χ4n) is 2.69. The van der Waals surface area contributed by atoms with Gasteiger partial charge in [0.25, 0.3) is 11.8 Å². The lowest BCUT2D eigenvalue weighted by Crippen LogP contribution is -2.48. The summed E-state index contributed by atoms with van der Waals surface area (Å²) in [6.45, 7) is 0.762. The van der Waals surface area contributed by atoms with E-state index in [-0.39, 0.29) is 30.5 Å². The van der Waals surface area contributed by atoms with Gasteiger partial charge in [-0.2, -0.15) is 0 Å². The molecule has 0 unspecified atom stereocenters. The van der Waals surface area contributed by atoms with Gasteiger partial charge in [0.2, 0.25) is 5.91 Å². The Kier molecular flexibility index (Phi) is 5.17. The predicted molar refractivity (Wildman–Crippen MR) is 86.1 cm³/mol. The average Bonchev–Trinajstić information content (AvgIpc) is 3.38. The average molecular weight is 345 g/mol. The second-order valence-electron chi connectivity index (χ2n) is 5.63. The monoisotopic (exact) mass is 345 g/mol. The lowest BCUT2D eigenvalue weighted by atomic mass is 10.2. The van der Waals surface area contributed by atoms with Crippen molar-refractivity contribution >= 4 is 17.7 Å². The zero-order chi connectivity index (χ0) is 17.6. The molecule has 0 atom stereocenters. The van der Waals surface area contributed by atoms with E-state index in [2.05, 4.69) is 5.32 Å². The number of carbonyl (C=O) groups is 3. The predicted octanol–water partition coefficient (Wildman–Crippen LogP) is 1.21. The molecule has 1 aliphatic heterocycles. The van der Waals surface area contributed by atoms with Gasteiger partial charge in [-0.25, -0.2) is 5.01 Å². The van der Waals surface area contributed by atoms with Crippen LogP contribution in [0.4, 0.5) is 0 Å². The zero-order valence-corrected chi connectivity index (χ0v) is 13.6. The Morgan fingerprint density at radius 2 is 1.72 bits per heavy atom. The summed E-state index contributed by atoms with van der Waals surface area (Å²) in [5.41, 5.74) is 0. The van der Waals surface area contributed by atoms with E-state index < -0.39 is 5.91 Å². The molecule has 2 aromatic heterocycles. The molecule has 8 nitrogen and oxygen atoms in total. The molecule has 0 saturated carbocycles. The summed E-state index contributed by atoms with van der Waals surface area (Å²) in [6.07, 6.45) is 4.41. The van der Waals surface area contributed by atoms with Gasteiger partial charge >= 0.3 is 0 Å². The van der Waals surface area contributed by atoms with Gasteiger partial charge in [0, 0.05) is 25.9 Å². The summed E-state index contributed by atoms with van der Waals surface area (Å²) in [6, 6.07) is 6.69. The molecule has 132 valence electrons. The number of aryl methyl sites for hydroxylation is 1. The number of hydrogen-bond acceptors (Lipinski definition) is 5. The van der Waals surface area contributed by atoms with E-state index in [4.69, 9.17) is 8.83 Å². The van der Waals surface area contributed by atoms with E-state index in [9.17, 15) is 14.4 Å². The summed E-state index contributed by atoms with van der Waals surface area (Å²) in [5.74, 6) is -0.0617. The first kappa shape index (κ1) is 16.8. The first-order valence-electron chi connectivity index (χ1n) is 8.10. The molecule has 0 bridgehead atoms. The van der Waals surface area contributed by atoms with Crippen LogP contribution in [-0.4, -0.2) is 47.4 Å². The van der Waals surface area contributed by atoms with Gasteiger partial charge in [0.1, 0.15) is 5.76 Å². The highest BCUT2D eigenvalue weighted by Gasteiger charge is 2.30. The highest BCUT2D eigenvalue weighted by atomic mass is 16.3. The van der Waals surface area contributed by atoms with E-state index in [0.29, 0.717) is 25.9 Å². The molecule has 3 heterocycles. The molecule has 0 spiro atoms. The van der Waals surface area contributed by atoms with Gasteiger partial charge < -0.3 is 14.2 Å². The number of carbonyl (C=O) groups excluding carboxylic acids is 3. The highest BCUT2D eigenvalue weighted by molar-refractivity contribution is 5.94. The van der Waals surface area contributed by atoms with E-state index in [1.807, 2.05) is 6.07 Å². The van der Waals surface area contributed by atoms with Crippen LogP contribution >= 0.6 is 0 Å². The summed E-state index contributed by atoms with van der Waals surface area (Å²) >= 11 is 0. The molecule has 2 aromatic rings. The lowest BCUT2D eigenvalue weighted by molar-refractivity contribution is -0.157. The molecule has 25 heavy (non-hydrogen) atoms. The first-order chi connectivity index (χ1) is 12.1. The molecule has 3 amide bonds. The summed E-state index contributed by atoms with van der Waals surface area (Å²) < 4.78 is 10.2. The number of hydrogen-bond donors (Lipinski definition) is 1. The fraction of sp³-hybridized carbons (Fsp3) is 0.353. The van der Waals surface area contributed by atoms with Gasteiger partial charge in [-0.15, -0.1) is 0 Å². The van der Waals surface area contributed by atoms with Crippen LogP contribution in [0.5, 0.6) is 0 Å². The van der Waals surface area contributed by atoms with Gasteiger partial charge in [-0.05, 0) is 30.7 Å². The van der Waals surface area contributed by atoms with E-state index in [1.165, 1.54) is 22.3 Å². The SMILES string of the molecule is O=C(NCC(=O)N1CCCN1C(=O)CCc1ccco1)c1ccco1. The highest BCUT2D eigenvalue weighted by Crippen LogP contribution is 2.14. The maximum Gasteiger partial charge on any atom is 0.287 e. The molecule has 1 fully saturated rings. The lowest BCUT2D eigenvalue weighted by Gasteiger charge is -2.28. The Hall–Kier alpha value is -3.03. The fourth-order valence-corrected chi connectivity index (χ4v) is 2.69. The molecule has 3 rings (SSSR count). The number of nitrogens with zero attached hydrogens (tertiary/aromatic N) is 2. The molecule has 1 saturated heterocycles. The zero-order valence-electron chi connectivity index (χ0n) is 13.6. The Labute approximate surface area is 144 Å². The molecular formula is C17H19N3O5. The molecule has 0 aliphatic carbocycles. The van der Waals surface area contributed by atoms with Crippen molar-refractivity contribution in [2.75, 3.05) is 19.6 Å². The molecule has 0 radical (unpaired) electrons. The van der Waals surface area contributed by atoms with E-state index in [1.54, 1.807) is 18.4 Å². The number of furan rings is 2. The number of rotatable bonds is 6. The summed E-state index contributed by atoms with van der Waals surface area (Å²) in [4.78, 5) is 36.5. The van der Waals surface area contributed by atoms with Crippen molar-refractivity contribution < 1.29 is 23.2 Å². The largest absolute Gasteiger partial charge is 0.469 e. The quantitative estimate of drug-likeness (QED) is 0.849. The first-order valence-corrected chi connectivity index (χ1v) is 8.10. The third kappa shape index (κ3) is 4.09. The minimum atomic E-state index is -0.465. The van der Waals surface area contributed by atoms with Crippen LogP contribution < -0.4 is 5.32 Å². The van der Waals surface area contributed by atoms with Crippen molar-refractivity contribution in [3.05, 3.63) is 48.3 Å². The van der Waals surface area contributed by atoms with Gasteiger partial charge in [0.05, 0.1) is 19.1 Å². The molecule has 0 aromatic carbocycles. The van der Waals surface area contributed by atoms with Crippen LogP contribution in [-0.2, 0) is 16.0 Å². The molecule has 1 N–H and O–H groups in total. The minimum absolute atomic E-state index is 0.139. The van der Waals surface area contributed by atoms with Gasteiger partial charge in [0.15, 0.2) is 5.76 Å². The van der Waals surface area contributed by atoms with Crippen LogP contribution in [0, 0.1) is 0 Å². The van der Waals surface area contributed by atoms with Crippen LogP contribution in [0.2, 0.25) is 0 Å². The molecular weight excluding hydrogens is 326 g/mol. The van der Waals surface area contributed by atoms with Crippen molar-refractivity contribution in [1.29, 1.82) is 0 Å². The van der Waals surface area contributed by atoms with Crippen LogP contribution in [0.15, 0.2) is 45.6 Å². The van der Waals surface area contributed by atoms with Crippen LogP contribution in [0.25, 0.3) is 0 Å². The van der Waals surface area contributed by atoms with Crippen molar-refractivity contribution in [2.45, 2.75) is 19.3 Å². The van der Waals surface area contributed by atoms with Crippen LogP contribution in [0.3, 0.4) is 0 Å². The van der Waals surface area contributed by atoms with E-state index in [0.717, 1.165) is 5.76 Å².